The summed E-state index contributed by atoms with van der Waals surface area (Å²) in [7, 11) is 1.63. The molecule has 2 rings (SSSR count). The monoisotopic (exact) mass is 259 g/mol. The maximum absolute atomic E-state index is 12.2. The first-order valence-corrected chi connectivity index (χ1v) is 6.20. The second-order valence-electron chi connectivity index (χ2n) is 4.14. The largest absolute Gasteiger partial charge is 0.497 e. The number of benzene rings is 1. The summed E-state index contributed by atoms with van der Waals surface area (Å²) in [5.74, 6) is 1.09. The second kappa shape index (κ2) is 6.09. The van der Waals surface area contributed by atoms with Crippen LogP contribution in [0.3, 0.4) is 0 Å². The number of hydrogen-bond donors (Lipinski definition) is 0. The Balaban J connectivity index is 2.08. The van der Waals surface area contributed by atoms with Crippen molar-refractivity contribution in [2.45, 2.75) is 13.5 Å². The highest BCUT2D eigenvalue weighted by Gasteiger charge is 2.16. The van der Waals surface area contributed by atoms with Crippen molar-refractivity contribution in [2.75, 3.05) is 13.7 Å². The molecule has 0 aliphatic carbocycles. The van der Waals surface area contributed by atoms with E-state index in [0.29, 0.717) is 18.8 Å². The Kier molecular flexibility index (Phi) is 4.23. The smallest absolute Gasteiger partial charge is 0.289 e. The molecule has 0 aliphatic heterocycles. The van der Waals surface area contributed by atoms with Crippen molar-refractivity contribution in [3.8, 4) is 5.75 Å². The average Bonchev–Trinajstić information content (AvgIpc) is 2.99. The number of carbonyl (C=O) groups excluding carboxylic acids is 1. The lowest BCUT2D eigenvalue weighted by atomic mass is 10.2. The zero-order chi connectivity index (χ0) is 13.7. The molecule has 2 aromatic rings. The lowest BCUT2D eigenvalue weighted by Crippen LogP contribution is -2.29. The summed E-state index contributed by atoms with van der Waals surface area (Å²) in [6.07, 6.45) is 1.51. The van der Waals surface area contributed by atoms with Crippen molar-refractivity contribution in [3.63, 3.8) is 0 Å². The number of nitrogens with zero attached hydrogens (tertiary/aromatic N) is 1. The van der Waals surface area contributed by atoms with Gasteiger partial charge in [0.2, 0.25) is 0 Å². The number of carbonyl (C=O) groups is 1. The third-order valence-corrected chi connectivity index (χ3v) is 2.93. The van der Waals surface area contributed by atoms with Gasteiger partial charge in [0.25, 0.3) is 5.91 Å². The number of furan rings is 1. The minimum absolute atomic E-state index is 0.0941. The number of hydrogen-bond acceptors (Lipinski definition) is 3. The molecule has 1 aromatic carbocycles. The zero-order valence-corrected chi connectivity index (χ0v) is 11.1. The first-order chi connectivity index (χ1) is 9.24. The van der Waals surface area contributed by atoms with Gasteiger partial charge in [-0.2, -0.15) is 0 Å². The summed E-state index contributed by atoms with van der Waals surface area (Å²) in [4.78, 5) is 13.9. The fraction of sp³-hybridized carbons (Fsp3) is 0.267. The Bertz CT molecular complexity index is 517. The van der Waals surface area contributed by atoms with E-state index >= 15 is 0 Å². The molecule has 0 saturated heterocycles. The molecule has 1 amide bonds. The summed E-state index contributed by atoms with van der Waals surface area (Å²) in [6.45, 7) is 3.13. The SMILES string of the molecule is CCN(Cc1ccc(OC)cc1)C(=O)c1ccco1. The Labute approximate surface area is 112 Å². The molecule has 4 nitrogen and oxygen atoms in total. The van der Waals surface area contributed by atoms with Crippen LogP contribution in [0.15, 0.2) is 47.1 Å². The number of amides is 1. The molecule has 0 bridgehead atoms. The molecule has 19 heavy (non-hydrogen) atoms. The van der Waals surface area contributed by atoms with E-state index < -0.39 is 0 Å². The Morgan fingerprint density at radius 2 is 2.00 bits per heavy atom. The van der Waals surface area contributed by atoms with Gasteiger partial charge in [0.15, 0.2) is 5.76 Å². The van der Waals surface area contributed by atoms with Gasteiger partial charge in [0, 0.05) is 13.1 Å². The molecule has 1 aromatic heterocycles. The second-order valence-corrected chi connectivity index (χ2v) is 4.14. The van der Waals surface area contributed by atoms with Crippen LogP contribution >= 0.6 is 0 Å². The summed E-state index contributed by atoms with van der Waals surface area (Å²) in [5, 5.41) is 0. The molecule has 100 valence electrons. The molecule has 1 heterocycles. The zero-order valence-electron chi connectivity index (χ0n) is 11.1. The van der Waals surface area contributed by atoms with Crippen LogP contribution in [-0.2, 0) is 6.54 Å². The van der Waals surface area contributed by atoms with Gasteiger partial charge in [-0.05, 0) is 36.8 Å². The predicted octanol–water partition coefficient (Wildman–Crippen LogP) is 2.95. The van der Waals surface area contributed by atoms with E-state index in [-0.39, 0.29) is 5.91 Å². The molecule has 0 atom stereocenters. The van der Waals surface area contributed by atoms with E-state index in [0.717, 1.165) is 11.3 Å². The fourth-order valence-electron chi connectivity index (χ4n) is 1.83. The van der Waals surface area contributed by atoms with Crippen LogP contribution in [0.1, 0.15) is 23.0 Å². The summed E-state index contributed by atoms with van der Waals surface area (Å²) in [5.41, 5.74) is 1.06. The molecule has 0 aliphatic rings. The van der Waals surface area contributed by atoms with E-state index in [9.17, 15) is 4.79 Å². The quantitative estimate of drug-likeness (QED) is 0.829. The van der Waals surface area contributed by atoms with Crippen molar-refractivity contribution in [1.29, 1.82) is 0 Å². The Hall–Kier alpha value is -2.23. The first-order valence-electron chi connectivity index (χ1n) is 6.20. The molecule has 0 fully saturated rings. The van der Waals surface area contributed by atoms with Gasteiger partial charge in [-0.3, -0.25) is 4.79 Å². The van der Waals surface area contributed by atoms with E-state index in [2.05, 4.69) is 0 Å². The average molecular weight is 259 g/mol. The highest BCUT2D eigenvalue weighted by molar-refractivity contribution is 5.91. The van der Waals surface area contributed by atoms with Crippen LogP contribution in [-0.4, -0.2) is 24.5 Å². The van der Waals surface area contributed by atoms with Gasteiger partial charge in [-0.1, -0.05) is 12.1 Å². The van der Waals surface area contributed by atoms with Crippen LogP contribution in [0.2, 0.25) is 0 Å². The highest BCUT2D eigenvalue weighted by atomic mass is 16.5. The number of methoxy groups -OCH3 is 1. The Morgan fingerprint density at radius 1 is 1.26 bits per heavy atom. The first kappa shape index (κ1) is 13.2. The molecule has 0 spiro atoms. The third kappa shape index (κ3) is 3.16. The highest BCUT2D eigenvalue weighted by Crippen LogP contribution is 2.14. The van der Waals surface area contributed by atoms with Gasteiger partial charge < -0.3 is 14.1 Å². The molecule has 0 saturated carbocycles. The molecular formula is C15H17NO3. The van der Waals surface area contributed by atoms with Crippen LogP contribution in [0.5, 0.6) is 5.75 Å². The van der Waals surface area contributed by atoms with Gasteiger partial charge in [0.05, 0.1) is 13.4 Å². The van der Waals surface area contributed by atoms with Crippen molar-refractivity contribution in [3.05, 3.63) is 54.0 Å². The van der Waals surface area contributed by atoms with Crippen molar-refractivity contribution in [1.82, 2.24) is 4.90 Å². The number of ether oxygens (including phenoxy) is 1. The molecular weight excluding hydrogens is 242 g/mol. The summed E-state index contributed by atoms with van der Waals surface area (Å²) in [6, 6.07) is 11.1. The van der Waals surface area contributed by atoms with Gasteiger partial charge in [-0.15, -0.1) is 0 Å². The van der Waals surface area contributed by atoms with Gasteiger partial charge in [-0.25, -0.2) is 0 Å². The van der Waals surface area contributed by atoms with Crippen LogP contribution in [0.4, 0.5) is 0 Å². The molecule has 4 heteroatoms. The van der Waals surface area contributed by atoms with E-state index in [4.69, 9.17) is 9.15 Å². The summed E-state index contributed by atoms with van der Waals surface area (Å²) >= 11 is 0. The fourth-order valence-corrected chi connectivity index (χ4v) is 1.83. The predicted molar refractivity (Wildman–Crippen MR) is 72.1 cm³/mol. The van der Waals surface area contributed by atoms with Crippen LogP contribution in [0.25, 0.3) is 0 Å². The van der Waals surface area contributed by atoms with Crippen molar-refractivity contribution in [2.24, 2.45) is 0 Å². The molecule has 0 unspecified atom stereocenters. The normalized spacial score (nSPS) is 10.2. The van der Waals surface area contributed by atoms with Crippen LogP contribution < -0.4 is 4.74 Å². The topological polar surface area (TPSA) is 42.7 Å². The Morgan fingerprint density at radius 3 is 2.53 bits per heavy atom. The van der Waals surface area contributed by atoms with E-state index in [1.165, 1.54) is 6.26 Å². The minimum atomic E-state index is -0.0941. The lowest BCUT2D eigenvalue weighted by molar-refractivity contribution is 0.0720. The van der Waals surface area contributed by atoms with Gasteiger partial charge in [0.1, 0.15) is 5.75 Å². The van der Waals surface area contributed by atoms with Crippen molar-refractivity contribution >= 4 is 5.91 Å². The maximum atomic E-state index is 12.2. The van der Waals surface area contributed by atoms with Gasteiger partial charge >= 0.3 is 0 Å². The minimum Gasteiger partial charge on any atom is -0.497 e. The molecule has 0 N–H and O–H groups in total. The maximum Gasteiger partial charge on any atom is 0.289 e. The summed E-state index contributed by atoms with van der Waals surface area (Å²) < 4.78 is 10.3. The van der Waals surface area contributed by atoms with Crippen LogP contribution in [0, 0.1) is 0 Å². The molecule has 0 radical (unpaired) electrons. The van der Waals surface area contributed by atoms with E-state index in [1.807, 2.05) is 31.2 Å². The number of rotatable bonds is 5. The van der Waals surface area contributed by atoms with Crippen molar-refractivity contribution < 1.29 is 13.9 Å². The third-order valence-electron chi connectivity index (χ3n) is 2.93. The van der Waals surface area contributed by atoms with E-state index in [1.54, 1.807) is 24.1 Å². The lowest BCUT2D eigenvalue weighted by Gasteiger charge is -2.19. The standard InChI is InChI=1S/C15H17NO3/c1-3-16(15(17)14-5-4-10-19-14)11-12-6-8-13(18-2)9-7-12/h4-10H,3,11H2,1-2H3.